The van der Waals surface area contributed by atoms with Gasteiger partial charge in [0.2, 0.25) is 0 Å². The quantitative estimate of drug-likeness (QED) is 0.793. The Hall–Kier alpha value is 0.270. The first-order valence-electron chi connectivity index (χ1n) is 9.16. The van der Waals surface area contributed by atoms with Crippen molar-refractivity contribution in [1.29, 1.82) is 0 Å². The number of nitrogens with one attached hydrogen (secondary N) is 1. The molecule has 2 rings (SSSR count). The van der Waals surface area contributed by atoms with Gasteiger partial charge in [0, 0.05) is 36.5 Å². The third-order valence-electron chi connectivity index (χ3n) is 6.16. The Bertz CT molecular complexity index is 289. The lowest BCUT2D eigenvalue weighted by Crippen LogP contribution is -2.60. The van der Waals surface area contributed by atoms with Gasteiger partial charge in [-0.1, -0.05) is 33.1 Å². The minimum absolute atomic E-state index is 0.461. The van der Waals surface area contributed by atoms with E-state index in [-0.39, 0.29) is 0 Å². The molecule has 0 aromatic rings. The lowest BCUT2D eigenvalue weighted by molar-refractivity contribution is 0.0933. The molecule has 2 unspecified atom stereocenters. The molecule has 2 nitrogen and oxygen atoms in total. The van der Waals surface area contributed by atoms with Gasteiger partial charge in [0.25, 0.3) is 0 Å². The fourth-order valence-electron chi connectivity index (χ4n) is 4.22. The van der Waals surface area contributed by atoms with E-state index in [0.29, 0.717) is 10.8 Å². The van der Waals surface area contributed by atoms with E-state index in [1.807, 2.05) is 0 Å². The minimum Gasteiger partial charge on any atom is -0.311 e. The number of hydrogen-bond acceptors (Lipinski definition) is 3. The van der Waals surface area contributed by atoms with Gasteiger partial charge < -0.3 is 5.32 Å². The second kappa shape index (κ2) is 8.21. The summed E-state index contributed by atoms with van der Waals surface area (Å²) in [5.74, 6) is 0.931. The van der Waals surface area contributed by atoms with Gasteiger partial charge in [-0.25, -0.2) is 0 Å². The Morgan fingerprint density at radius 1 is 1.14 bits per heavy atom. The number of piperazine rings is 1. The van der Waals surface area contributed by atoms with Crippen LogP contribution in [0.25, 0.3) is 0 Å². The minimum atomic E-state index is 0.461. The van der Waals surface area contributed by atoms with Crippen LogP contribution in [-0.2, 0) is 0 Å². The lowest BCUT2D eigenvalue weighted by Gasteiger charge is -2.46. The largest absolute Gasteiger partial charge is 0.311 e. The summed E-state index contributed by atoms with van der Waals surface area (Å²) in [6.07, 6.45) is 12.2. The molecule has 2 fully saturated rings. The van der Waals surface area contributed by atoms with Gasteiger partial charge in [0.1, 0.15) is 0 Å². The van der Waals surface area contributed by atoms with Gasteiger partial charge in [0.15, 0.2) is 0 Å². The van der Waals surface area contributed by atoms with E-state index in [9.17, 15) is 0 Å². The van der Waals surface area contributed by atoms with Crippen LogP contribution in [0.1, 0.15) is 65.7 Å². The molecule has 0 radical (unpaired) electrons. The van der Waals surface area contributed by atoms with Gasteiger partial charge in [-0.3, -0.25) is 4.90 Å². The van der Waals surface area contributed by atoms with Crippen LogP contribution in [0.3, 0.4) is 0 Å². The van der Waals surface area contributed by atoms with E-state index in [4.69, 9.17) is 0 Å². The van der Waals surface area contributed by atoms with Crippen LogP contribution in [0.15, 0.2) is 0 Å². The molecule has 1 heterocycles. The maximum absolute atomic E-state index is 3.86. The Labute approximate surface area is 136 Å². The molecule has 1 aliphatic heterocycles. The van der Waals surface area contributed by atoms with Crippen molar-refractivity contribution >= 4 is 11.8 Å². The Kier molecular flexibility index (Phi) is 6.89. The van der Waals surface area contributed by atoms with Crippen LogP contribution in [-0.4, -0.2) is 47.6 Å². The standard InChI is InChI=1S/C18H36N2S/c1-5-18(6-2,21-4)14-20-13-17(19-12-15(20)3)16-10-8-7-9-11-16/h15-17,19H,5-14H2,1-4H3. The molecule has 124 valence electrons. The van der Waals surface area contributed by atoms with E-state index < -0.39 is 0 Å². The van der Waals surface area contributed by atoms with E-state index in [1.54, 1.807) is 0 Å². The molecular formula is C18H36N2S. The normalized spacial score (nSPS) is 29.7. The van der Waals surface area contributed by atoms with Crippen molar-refractivity contribution in [2.75, 3.05) is 25.9 Å². The fraction of sp³-hybridized carbons (Fsp3) is 1.00. The summed E-state index contributed by atoms with van der Waals surface area (Å²) in [6, 6.07) is 1.43. The zero-order chi connectivity index (χ0) is 15.3. The van der Waals surface area contributed by atoms with E-state index >= 15 is 0 Å². The van der Waals surface area contributed by atoms with Crippen LogP contribution in [0.4, 0.5) is 0 Å². The molecule has 21 heavy (non-hydrogen) atoms. The first-order valence-corrected chi connectivity index (χ1v) is 10.4. The molecule has 1 saturated heterocycles. The Morgan fingerprint density at radius 3 is 2.38 bits per heavy atom. The van der Waals surface area contributed by atoms with Crippen molar-refractivity contribution in [3.8, 4) is 0 Å². The van der Waals surface area contributed by atoms with Gasteiger partial charge in [-0.05, 0) is 44.8 Å². The van der Waals surface area contributed by atoms with Crippen molar-refractivity contribution in [3.63, 3.8) is 0 Å². The third-order valence-corrected chi connectivity index (χ3v) is 7.73. The van der Waals surface area contributed by atoms with Gasteiger partial charge in [-0.15, -0.1) is 0 Å². The molecule has 0 aromatic heterocycles. The third kappa shape index (κ3) is 4.39. The molecule has 0 bridgehead atoms. The summed E-state index contributed by atoms with van der Waals surface area (Å²) in [4.78, 5) is 2.79. The van der Waals surface area contributed by atoms with Crippen molar-refractivity contribution in [1.82, 2.24) is 10.2 Å². The predicted octanol–water partition coefficient (Wildman–Crippen LogP) is 4.15. The summed E-state index contributed by atoms with van der Waals surface area (Å²) in [5, 5.41) is 3.86. The topological polar surface area (TPSA) is 15.3 Å². The average molecular weight is 313 g/mol. The maximum atomic E-state index is 3.86. The van der Waals surface area contributed by atoms with Gasteiger partial charge in [0.05, 0.1) is 0 Å². The van der Waals surface area contributed by atoms with Crippen molar-refractivity contribution in [2.45, 2.75) is 82.5 Å². The molecule has 2 aliphatic rings. The fourth-order valence-corrected chi connectivity index (χ4v) is 5.09. The number of nitrogens with zero attached hydrogens (tertiary/aromatic N) is 1. The molecule has 0 aromatic carbocycles. The SMILES string of the molecule is CCC(CC)(CN1CC(C2CCCCC2)NCC1C)SC. The highest BCUT2D eigenvalue weighted by molar-refractivity contribution is 8.00. The number of thioether (sulfide) groups is 1. The summed E-state index contributed by atoms with van der Waals surface area (Å²) in [5.41, 5.74) is 0. The Balaban J connectivity index is 1.97. The zero-order valence-corrected chi connectivity index (χ0v) is 15.5. The van der Waals surface area contributed by atoms with Gasteiger partial charge >= 0.3 is 0 Å². The van der Waals surface area contributed by atoms with Crippen molar-refractivity contribution in [3.05, 3.63) is 0 Å². The van der Waals surface area contributed by atoms with E-state index in [2.05, 4.69) is 49.0 Å². The molecule has 0 amide bonds. The predicted molar refractivity (Wildman–Crippen MR) is 96.2 cm³/mol. The van der Waals surface area contributed by atoms with Gasteiger partial charge in [-0.2, -0.15) is 11.8 Å². The second-order valence-electron chi connectivity index (χ2n) is 7.29. The van der Waals surface area contributed by atoms with Crippen LogP contribution < -0.4 is 5.32 Å². The maximum Gasteiger partial charge on any atom is 0.0279 e. The zero-order valence-electron chi connectivity index (χ0n) is 14.7. The average Bonchev–Trinajstić information content (AvgIpc) is 2.55. The molecule has 0 spiro atoms. The Morgan fingerprint density at radius 2 is 1.81 bits per heavy atom. The van der Waals surface area contributed by atoms with Crippen LogP contribution in [0, 0.1) is 5.92 Å². The second-order valence-corrected chi connectivity index (χ2v) is 8.56. The molecule has 2 atom stereocenters. The molecule has 1 saturated carbocycles. The number of rotatable bonds is 6. The van der Waals surface area contributed by atoms with Crippen LogP contribution >= 0.6 is 11.8 Å². The van der Waals surface area contributed by atoms with Crippen molar-refractivity contribution < 1.29 is 0 Å². The van der Waals surface area contributed by atoms with Crippen LogP contribution in [0.5, 0.6) is 0 Å². The molecule has 3 heteroatoms. The highest BCUT2D eigenvalue weighted by Crippen LogP contribution is 2.34. The lowest BCUT2D eigenvalue weighted by atomic mass is 9.82. The highest BCUT2D eigenvalue weighted by atomic mass is 32.2. The highest BCUT2D eigenvalue weighted by Gasteiger charge is 2.35. The van der Waals surface area contributed by atoms with E-state index in [0.717, 1.165) is 12.0 Å². The number of hydrogen-bond donors (Lipinski definition) is 1. The summed E-state index contributed by atoms with van der Waals surface area (Å²) in [7, 11) is 0. The summed E-state index contributed by atoms with van der Waals surface area (Å²) >= 11 is 2.09. The summed E-state index contributed by atoms with van der Waals surface area (Å²) < 4.78 is 0.461. The molecule has 1 N–H and O–H groups in total. The molecule has 1 aliphatic carbocycles. The van der Waals surface area contributed by atoms with Crippen molar-refractivity contribution in [2.24, 2.45) is 5.92 Å². The van der Waals surface area contributed by atoms with Crippen LogP contribution in [0.2, 0.25) is 0 Å². The molecular weight excluding hydrogens is 276 g/mol. The first-order chi connectivity index (χ1) is 10.1. The summed E-state index contributed by atoms with van der Waals surface area (Å²) in [6.45, 7) is 10.9. The first kappa shape index (κ1) is 17.6. The van der Waals surface area contributed by atoms with E-state index in [1.165, 1.54) is 64.6 Å². The monoisotopic (exact) mass is 312 g/mol. The smallest absolute Gasteiger partial charge is 0.0279 e.